The summed E-state index contributed by atoms with van der Waals surface area (Å²) in [4.78, 5) is 11.7. The molecule has 0 radical (unpaired) electrons. The van der Waals surface area contributed by atoms with Crippen molar-refractivity contribution >= 4 is 38.3 Å². The van der Waals surface area contributed by atoms with Crippen LogP contribution in [-0.4, -0.2) is 11.1 Å². The Morgan fingerprint density at radius 2 is 1.33 bits per heavy atom. The molecule has 0 aliphatic heterocycles. The van der Waals surface area contributed by atoms with E-state index in [1.165, 1.54) is 60.2 Å². The van der Waals surface area contributed by atoms with Gasteiger partial charge in [0.05, 0.1) is 5.56 Å². The van der Waals surface area contributed by atoms with Crippen molar-refractivity contribution < 1.29 is 9.90 Å². The van der Waals surface area contributed by atoms with Crippen molar-refractivity contribution in [3.63, 3.8) is 0 Å². The predicted octanol–water partition coefficient (Wildman–Crippen LogP) is 7.19. The number of unbranched alkanes of at least 4 members (excludes halogenated alkanes) is 5. The quantitative estimate of drug-likeness (QED) is 0.267. The van der Waals surface area contributed by atoms with Gasteiger partial charge in [0.25, 0.3) is 0 Å². The summed E-state index contributed by atoms with van der Waals surface area (Å²) in [6, 6.07) is 16.5. The van der Waals surface area contributed by atoms with E-state index in [1.807, 2.05) is 12.1 Å². The summed E-state index contributed by atoms with van der Waals surface area (Å²) in [5, 5.41) is 16.3. The smallest absolute Gasteiger partial charge is 0.336 e. The molecule has 4 aromatic rings. The Kier molecular flexibility index (Phi) is 4.98. The number of aromatic carboxylic acids is 1. The summed E-state index contributed by atoms with van der Waals surface area (Å²) in [6.07, 6.45) is 8.87. The second kappa shape index (κ2) is 7.56. The van der Waals surface area contributed by atoms with Gasteiger partial charge in [0, 0.05) is 0 Å². The Bertz CT molecular complexity index is 1090. The van der Waals surface area contributed by atoms with Crippen LogP contribution in [0.15, 0.2) is 48.5 Å². The number of carbonyl (C=O) groups is 1. The number of carboxylic acids is 1. The average Bonchev–Trinajstić information content (AvgIpc) is 2.69. The molecule has 0 aliphatic rings. The molecule has 0 heterocycles. The summed E-state index contributed by atoms with van der Waals surface area (Å²) in [5.41, 5.74) is 1.77. The third-order valence-electron chi connectivity index (χ3n) is 5.78. The predicted molar refractivity (Wildman–Crippen MR) is 114 cm³/mol. The number of aryl methyl sites for hydroxylation is 1. The highest BCUT2D eigenvalue weighted by atomic mass is 16.4. The molecular formula is C25H26O2. The lowest BCUT2D eigenvalue weighted by Crippen LogP contribution is -1.98. The van der Waals surface area contributed by atoms with E-state index in [4.69, 9.17) is 0 Å². The van der Waals surface area contributed by atoms with Gasteiger partial charge in [-0.2, -0.15) is 0 Å². The van der Waals surface area contributed by atoms with E-state index >= 15 is 0 Å². The molecule has 138 valence electrons. The summed E-state index contributed by atoms with van der Waals surface area (Å²) in [7, 11) is 0. The van der Waals surface area contributed by atoms with Crippen LogP contribution in [0.3, 0.4) is 0 Å². The molecule has 0 spiro atoms. The summed E-state index contributed by atoms with van der Waals surface area (Å²) < 4.78 is 0. The van der Waals surface area contributed by atoms with Crippen molar-refractivity contribution in [2.45, 2.75) is 51.9 Å². The minimum Gasteiger partial charge on any atom is -0.478 e. The molecule has 4 rings (SSSR count). The zero-order valence-corrected chi connectivity index (χ0v) is 15.9. The summed E-state index contributed by atoms with van der Waals surface area (Å²) >= 11 is 0. The van der Waals surface area contributed by atoms with Gasteiger partial charge in [-0.15, -0.1) is 0 Å². The van der Waals surface area contributed by atoms with Crippen molar-refractivity contribution in [3.05, 3.63) is 59.7 Å². The van der Waals surface area contributed by atoms with Crippen LogP contribution in [-0.2, 0) is 6.42 Å². The molecule has 0 bridgehead atoms. The van der Waals surface area contributed by atoms with Crippen molar-refractivity contribution in [3.8, 4) is 0 Å². The third-order valence-corrected chi connectivity index (χ3v) is 5.78. The van der Waals surface area contributed by atoms with Crippen LogP contribution in [0.4, 0.5) is 0 Å². The van der Waals surface area contributed by atoms with Crippen molar-refractivity contribution in [1.29, 1.82) is 0 Å². The molecule has 2 heteroatoms. The molecule has 0 fully saturated rings. The number of benzene rings is 4. The van der Waals surface area contributed by atoms with Gasteiger partial charge >= 0.3 is 5.97 Å². The monoisotopic (exact) mass is 358 g/mol. The lowest BCUT2D eigenvalue weighted by Gasteiger charge is -2.15. The van der Waals surface area contributed by atoms with E-state index in [0.29, 0.717) is 5.56 Å². The number of hydrogen-bond donors (Lipinski definition) is 1. The minimum absolute atomic E-state index is 0.387. The fraction of sp³-hybridized carbons (Fsp3) is 0.320. The fourth-order valence-electron chi connectivity index (χ4n) is 4.36. The Labute approximate surface area is 160 Å². The van der Waals surface area contributed by atoms with Gasteiger partial charge in [0.1, 0.15) is 0 Å². The van der Waals surface area contributed by atoms with Crippen LogP contribution < -0.4 is 0 Å². The third kappa shape index (κ3) is 3.25. The maximum atomic E-state index is 11.7. The van der Waals surface area contributed by atoms with E-state index in [1.54, 1.807) is 6.07 Å². The molecule has 2 nitrogen and oxygen atoms in total. The van der Waals surface area contributed by atoms with Crippen LogP contribution in [0.2, 0.25) is 0 Å². The molecule has 0 saturated carbocycles. The van der Waals surface area contributed by atoms with Crippen LogP contribution in [0.5, 0.6) is 0 Å². The molecule has 4 aromatic carbocycles. The molecule has 27 heavy (non-hydrogen) atoms. The van der Waals surface area contributed by atoms with Crippen molar-refractivity contribution in [1.82, 2.24) is 0 Å². The molecule has 0 unspecified atom stereocenters. The molecule has 0 aromatic heterocycles. The van der Waals surface area contributed by atoms with Crippen LogP contribution >= 0.6 is 0 Å². The van der Waals surface area contributed by atoms with E-state index in [0.717, 1.165) is 22.6 Å². The normalized spacial score (nSPS) is 11.7. The van der Waals surface area contributed by atoms with Gasteiger partial charge in [-0.3, -0.25) is 0 Å². The largest absolute Gasteiger partial charge is 0.478 e. The number of hydrogen-bond acceptors (Lipinski definition) is 1. The fourth-order valence-corrected chi connectivity index (χ4v) is 4.36. The van der Waals surface area contributed by atoms with Gasteiger partial charge in [-0.1, -0.05) is 81.5 Å². The van der Waals surface area contributed by atoms with Crippen LogP contribution in [0, 0.1) is 0 Å². The first-order chi connectivity index (χ1) is 13.2. The molecule has 1 N–H and O–H groups in total. The highest BCUT2D eigenvalue weighted by Crippen LogP contribution is 2.37. The zero-order chi connectivity index (χ0) is 18.8. The first-order valence-corrected chi connectivity index (χ1v) is 10.1. The van der Waals surface area contributed by atoms with E-state index in [2.05, 4.69) is 37.3 Å². The van der Waals surface area contributed by atoms with E-state index in [9.17, 15) is 9.90 Å². The topological polar surface area (TPSA) is 37.3 Å². The second-order valence-corrected chi connectivity index (χ2v) is 7.58. The maximum Gasteiger partial charge on any atom is 0.336 e. The Morgan fingerprint density at radius 3 is 2.07 bits per heavy atom. The van der Waals surface area contributed by atoms with Crippen LogP contribution in [0.25, 0.3) is 32.3 Å². The highest BCUT2D eigenvalue weighted by molar-refractivity contribution is 6.26. The molecule has 0 amide bonds. The van der Waals surface area contributed by atoms with E-state index in [-0.39, 0.29) is 0 Å². The lowest BCUT2D eigenvalue weighted by molar-refractivity contribution is 0.0699. The minimum atomic E-state index is -0.861. The molecule has 0 aliphatic carbocycles. The van der Waals surface area contributed by atoms with Crippen molar-refractivity contribution in [2.24, 2.45) is 0 Å². The standard InChI is InChI=1S/C25H26O2/c1-2-3-4-5-6-7-8-17-9-10-18-12-15-21-22(25(26)27)16-13-19-11-14-20(17)23(18)24(19)21/h9-16H,2-8H2,1H3,(H,26,27). The highest BCUT2D eigenvalue weighted by Gasteiger charge is 2.15. The molecule has 0 atom stereocenters. The SMILES string of the molecule is CCCCCCCCc1ccc2ccc3c(C(=O)O)ccc4ccc1c2c43. The van der Waals surface area contributed by atoms with Gasteiger partial charge in [-0.05, 0) is 56.8 Å². The van der Waals surface area contributed by atoms with Gasteiger partial charge in [0.2, 0.25) is 0 Å². The van der Waals surface area contributed by atoms with Crippen LogP contribution in [0.1, 0.15) is 61.4 Å². The Balaban J connectivity index is 1.75. The van der Waals surface area contributed by atoms with Gasteiger partial charge in [-0.25, -0.2) is 4.79 Å². The second-order valence-electron chi connectivity index (χ2n) is 7.58. The van der Waals surface area contributed by atoms with E-state index < -0.39 is 5.97 Å². The van der Waals surface area contributed by atoms with Gasteiger partial charge in [0.15, 0.2) is 0 Å². The first-order valence-electron chi connectivity index (χ1n) is 10.1. The van der Waals surface area contributed by atoms with Gasteiger partial charge < -0.3 is 5.11 Å². The zero-order valence-electron chi connectivity index (χ0n) is 15.9. The average molecular weight is 358 g/mol. The molecule has 0 saturated heterocycles. The number of carboxylic acid groups (broad SMARTS) is 1. The lowest BCUT2D eigenvalue weighted by atomic mass is 9.89. The number of rotatable bonds is 8. The summed E-state index contributed by atoms with van der Waals surface area (Å²) in [6.45, 7) is 2.25. The maximum absolute atomic E-state index is 11.7. The van der Waals surface area contributed by atoms with Crippen molar-refractivity contribution in [2.75, 3.05) is 0 Å². The first kappa shape index (κ1) is 17.8. The summed E-state index contributed by atoms with van der Waals surface area (Å²) in [5.74, 6) is -0.861. The Morgan fingerprint density at radius 1 is 0.741 bits per heavy atom. The Hall–Kier alpha value is -2.61. The molecular weight excluding hydrogens is 332 g/mol.